The molecule has 8 heteroatoms. The topological polar surface area (TPSA) is 77.4 Å². The van der Waals surface area contributed by atoms with Crippen molar-refractivity contribution < 1.29 is 28.5 Å². The molecular formula is C31H58O6Si2. The lowest BCUT2D eigenvalue weighted by Crippen LogP contribution is -2.65. The smallest absolute Gasteiger partial charge is 0.201 e. The Morgan fingerprint density at radius 1 is 0.692 bits per heavy atom. The van der Waals surface area contributed by atoms with E-state index in [1.54, 1.807) is 0 Å². The predicted molar refractivity (Wildman–Crippen MR) is 165 cm³/mol. The van der Waals surface area contributed by atoms with Crippen molar-refractivity contribution in [2.75, 3.05) is 6.61 Å². The molecule has 0 spiro atoms. The quantitative estimate of drug-likeness (QED) is 0.223. The second kappa shape index (κ2) is 14.5. The summed E-state index contributed by atoms with van der Waals surface area (Å²) in [5.41, 5.74) is 3.19. The van der Waals surface area contributed by atoms with Gasteiger partial charge in [-0.3, -0.25) is 0 Å². The molecule has 1 unspecified atom stereocenters. The molecule has 0 saturated carbocycles. The summed E-state index contributed by atoms with van der Waals surface area (Å²) in [4.78, 5) is 0. The standard InChI is InChI=1S/C31H58O6Si2/c1-20(2)38(21(3)4,22(5)6)35-19-27-29(37-39(23(7)8,24(9)10)25(11)12)28(32)30(31(33)36-27)34-18-26-16-14-13-15-17-26/h13-17,20-25,27-33H,18-19H2,1-12H3/t27-,28-,29-,30-,31?/m0/s1. The van der Waals surface area contributed by atoms with Gasteiger partial charge < -0.3 is 28.5 Å². The molecule has 1 aromatic carbocycles. The number of rotatable bonds is 14. The van der Waals surface area contributed by atoms with Crippen LogP contribution in [-0.2, 0) is 24.9 Å². The molecule has 0 amide bonds. The highest BCUT2D eigenvalue weighted by Crippen LogP contribution is 2.46. The molecule has 39 heavy (non-hydrogen) atoms. The van der Waals surface area contributed by atoms with Gasteiger partial charge >= 0.3 is 0 Å². The highest BCUT2D eigenvalue weighted by atomic mass is 28.4. The Morgan fingerprint density at radius 2 is 1.15 bits per heavy atom. The molecular weight excluding hydrogens is 525 g/mol. The van der Waals surface area contributed by atoms with Gasteiger partial charge in [0.1, 0.15) is 24.4 Å². The minimum absolute atomic E-state index is 0.266. The van der Waals surface area contributed by atoms with Crippen molar-refractivity contribution in [1.29, 1.82) is 0 Å². The molecule has 1 aliphatic rings. The van der Waals surface area contributed by atoms with Crippen molar-refractivity contribution in [2.45, 2.75) is 154 Å². The lowest BCUT2D eigenvalue weighted by molar-refractivity contribution is -0.295. The van der Waals surface area contributed by atoms with Crippen molar-refractivity contribution in [2.24, 2.45) is 0 Å². The van der Waals surface area contributed by atoms with E-state index in [-0.39, 0.29) is 13.2 Å². The van der Waals surface area contributed by atoms with E-state index in [1.807, 2.05) is 30.3 Å². The first kappa shape index (κ1) is 34.6. The van der Waals surface area contributed by atoms with Crippen LogP contribution in [0.3, 0.4) is 0 Å². The van der Waals surface area contributed by atoms with E-state index in [1.165, 1.54) is 0 Å². The lowest BCUT2D eigenvalue weighted by atomic mass is 9.99. The van der Waals surface area contributed by atoms with Crippen LogP contribution < -0.4 is 0 Å². The van der Waals surface area contributed by atoms with Crippen LogP contribution in [0.25, 0.3) is 0 Å². The number of aliphatic hydroxyl groups excluding tert-OH is 2. The Kier molecular flexibility index (Phi) is 12.9. The van der Waals surface area contributed by atoms with Crippen LogP contribution in [0.4, 0.5) is 0 Å². The fourth-order valence-electron chi connectivity index (χ4n) is 7.51. The monoisotopic (exact) mass is 582 g/mol. The first-order chi connectivity index (χ1) is 18.1. The molecule has 0 aliphatic carbocycles. The summed E-state index contributed by atoms with van der Waals surface area (Å²) in [7, 11) is -4.60. The molecule has 0 aromatic heterocycles. The van der Waals surface area contributed by atoms with Gasteiger partial charge in [0.25, 0.3) is 0 Å². The summed E-state index contributed by atoms with van der Waals surface area (Å²) < 4.78 is 26.5. The molecule has 1 aliphatic heterocycles. The summed E-state index contributed by atoms with van der Waals surface area (Å²) in [6, 6.07) is 9.79. The van der Waals surface area contributed by atoms with Crippen molar-refractivity contribution in [3.63, 3.8) is 0 Å². The van der Waals surface area contributed by atoms with Crippen LogP contribution in [0.2, 0.25) is 33.2 Å². The second-order valence-corrected chi connectivity index (χ2v) is 24.2. The van der Waals surface area contributed by atoms with Gasteiger partial charge in [-0.15, -0.1) is 0 Å². The first-order valence-electron chi connectivity index (χ1n) is 15.1. The fraction of sp³-hybridized carbons (Fsp3) is 0.806. The lowest BCUT2D eigenvalue weighted by Gasteiger charge is -2.51. The van der Waals surface area contributed by atoms with E-state index >= 15 is 0 Å². The maximum absolute atomic E-state index is 11.8. The zero-order valence-electron chi connectivity index (χ0n) is 26.7. The second-order valence-electron chi connectivity index (χ2n) is 13.3. The predicted octanol–water partition coefficient (Wildman–Crippen LogP) is 7.40. The van der Waals surface area contributed by atoms with E-state index in [2.05, 4.69) is 83.1 Å². The number of benzene rings is 1. The summed E-state index contributed by atoms with van der Waals surface area (Å²) in [6.45, 7) is 27.5. The third kappa shape index (κ3) is 7.44. The molecule has 1 heterocycles. The summed E-state index contributed by atoms with van der Waals surface area (Å²) in [5.74, 6) is 0. The molecule has 1 aromatic rings. The van der Waals surface area contributed by atoms with E-state index in [4.69, 9.17) is 18.3 Å². The Morgan fingerprint density at radius 3 is 1.59 bits per heavy atom. The third-order valence-electron chi connectivity index (χ3n) is 9.17. The summed E-state index contributed by atoms with van der Waals surface area (Å²) >= 11 is 0. The molecule has 1 saturated heterocycles. The number of hydrogen-bond donors (Lipinski definition) is 2. The van der Waals surface area contributed by atoms with Crippen molar-refractivity contribution in [3.8, 4) is 0 Å². The minimum atomic E-state index is -2.40. The SMILES string of the molecule is CC(C)[Si](OC[C@@H]1OC(O)[C@@H](OCc2ccccc2)[C@@H](O)[C@H]1O[Si](C(C)C)(C(C)C)C(C)C)(C(C)C)C(C)C. The zero-order chi connectivity index (χ0) is 29.7. The van der Waals surface area contributed by atoms with Gasteiger partial charge in [0.05, 0.1) is 13.2 Å². The summed E-state index contributed by atoms with van der Waals surface area (Å²) in [6.07, 6.45) is -4.52. The first-order valence-corrected chi connectivity index (χ1v) is 19.4. The third-order valence-corrected chi connectivity index (χ3v) is 21.3. The molecule has 0 radical (unpaired) electrons. The van der Waals surface area contributed by atoms with Gasteiger partial charge in [0.2, 0.25) is 8.32 Å². The van der Waals surface area contributed by atoms with Crippen molar-refractivity contribution in [1.82, 2.24) is 0 Å². The van der Waals surface area contributed by atoms with Gasteiger partial charge in [-0.1, -0.05) is 113 Å². The van der Waals surface area contributed by atoms with Gasteiger partial charge in [-0.05, 0) is 38.8 Å². The van der Waals surface area contributed by atoms with Crippen molar-refractivity contribution in [3.05, 3.63) is 35.9 Å². The van der Waals surface area contributed by atoms with Gasteiger partial charge in [-0.2, -0.15) is 0 Å². The molecule has 5 atom stereocenters. The molecule has 2 rings (SSSR count). The van der Waals surface area contributed by atoms with Crippen LogP contribution in [0.15, 0.2) is 30.3 Å². The molecule has 6 nitrogen and oxygen atoms in total. The Labute approximate surface area is 241 Å². The highest BCUT2D eigenvalue weighted by molar-refractivity contribution is 6.78. The summed E-state index contributed by atoms with van der Waals surface area (Å²) in [5, 5.41) is 22.9. The zero-order valence-corrected chi connectivity index (χ0v) is 28.7. The maximum Gasteiger partial charge on any atom is 0.201 e. The fourth-order valence-corrected chi connectivity index (χ4v) is 18.5. The minimum Gasteiger partial charge on any atom is -0.413 e. The molecule has 226 valence electrons. The van der Waals surface area contributed by atoms with Crippen LogP contribution in [0.5, 0.6) is 0 Å². The Balaban J connectivity index is 2.45. The molecule has 2 N–H and O–H groups in total. The van der Waals surface area contributed by atoms with Gasteiger partial charge in [0, 0.05) is 0 Å². The van der Waals surface area contributed by atoms with E-state index in [0.717, 1.165) is 5.56 Å². The number of aliphatic hydroxyl groups is 2. The van der Waals surface area contributed by atoms with Crippen LogP contribution in [0, 0.1) is 0 Å². The largest absolute Gasteiger partial charge is 0.413 e. The average Bonchev–Trinajstić information content (AvgIpc) is 2.83. The molecule has 0 bridgehead atoms. The highest BCUT2D eigenvalue weighted by Gasteiger charge is 2.54. The van der Waals surface area contributed by atoms with E-state index in [9.17, 15) is 10.2 Å². The van der Waals surface area contributed by atoms with Gasteiger partial charge in [0.15, 0.2) is 14.6 Å². The maximum atomic E-state index is 11.8. The van der Waals surface area contributed by atoms with E-state index < -0.39 is 47.3 Å². The van der Waals surface area contributed by atoms with Crippen LogP contribution in [-0.4, -0.2) is 64.2 Å². The Bertz CT molecular complexity index is 801. The van der Waals surface area contributed by atoms with Crippen molar-refractivity contribution >= 4 is 16.6 Å². The number of hydrogen-bond acceptors (Lipinski definition) is 6. The normalized spacial score (nSPS) is 25.2. The van der Waals surface area contributed by atoms with Gasteiger partial charge in [-0.25, -0.2) is 0 Å². The number of ether oxygens (including phenoxy) is 2. The average molecular weight is 583 g/mol. The molecule has 1 fully saturated rings. The van der Waals surface area contributed by atoms with Crippen LogP contribution in [0.1, 0.15) is 88.6 Å². The Hall–Kier alpha value is -0.586. The van der Waals surface area contributed by atoms with E-state index in [0.29, 0.717) is 33.2 Å². The van der Waals surface area contributed by atoms with Crippen LogP contribution >= 0.6 is 0 Å².